The number of nitrogens with zero attached hydrogens (tertiary/aromatic N) is 1. The molecule has 0 aromatic carbocycles. The lowest BCUT2D eigenvalue weighted by atomic mass is 10.2. The number of aromatic hydroxyl groups is 1. The molecule has 0 saturated carbocycles. The summed E-state index contributed by atoms with van der Waals surface area (Å²) in [5.74, 6) is 2.30. The van der Waals surface area contributed by atoms with E-state index in [0.717, 1.165) is 12.8 Å². The van der Waals surface area contributed by atoms with Crippen molar-refractivity contribution in [2.45, 2.75) is 45.6 Å². The van der Waals surface area contributed by atoms with Crippen LogP contribution in [-0.4, -0.2) is 14.7 Å². The number of nitrogens with one attached hydrogen (secondary N) is 1. The van der Waals surface area contributed by atoms with Crippen LogP contribution in [0.1, 0.15) is 38.2 Å². The molecule has 5 nitrogen and oxygen atoms in total. The fourth-order valence-electron chi connectivity index (χ4n) is 1.78. The highest BCUT2D eigenvalue weighted by Gasteiger charge is 2.12. The first kappa shape index (κ1) is 14.1. The van der Waals surface area contributed by atoms with Gasteiger partial charge in [0.15, 0.2) is 0 Å². The molecule has 0 aliphatic heterocycles. The summed E-state index contributed by atoms with van der Waals surface area (Å²) in [6, 6.07) is 0. The molecule has 0 atom stereocenters. The van der Waals surface area contributed by atoms with E-state index in [4.69, 9.17) is 6.42 Å². The summed E-state index contributed by atoms with van der Waals surface area (Å²) in [6.07, 6.45) is 8.43. The van der Waals surface area contributed by atoms with Gasteiger partial charge < -0.3 is 5.11 Å². The van der Waals surface area contributed by atoms with Crippen molar-refractivity contribution in [2.24, 2.45) is 0 Å². The maximum atomic E-state index is 11.6. The highest BCUT2D eigenvalue weighted by atomic mass is 16.3. The molecule has 0 bridgehead atoms. The van der Waals surface area contributed by atoms with E-state index >= 15 is 0 Å². The quantitative estimate of drug-likeness (QED) is 0.584. The monoisotopic (exact) mass is 250 g/mol. The molecule has 2 N–H and O–H groups in total. The van der Waals surface area contributed by atoms with Crippen LogP contribution in [0.4, 0.5) is 0 Å². The van der Waals surface area contributed by atoms with Crippen molar-refractivity contribution in [3.05, 3.63) is 26.4 Å². The van der Waals surface area contributed by atoms with Gasteiger partial charge in [0.1, 0.15) is 0 Å². The zero-order valence-corrected chi connectivity index (χ0v) is 10.5. The second kappa shape index (κ2) is 6.70. The number of hydrogen-bond donors (Lipinski definition) is 2. The van der Waals surface area contributed by atoms with Gasteiger partial charge in [-0.25, -0.2) is 4.79 Å². The Morgan fingerprint density at radius 3 is 2.72 bits per heavy atom. The highest BCUT2D eigenvalue weighted by molar-refractivity contribution is 5.22. The fourth-order valence-corrected chi connectivity index (χ4v) is 1.78. The average Bonchev–Trinajstić information content (AvgIpc) is 2.33. The zero-order valence-electron chi connectivity index (χ0n) is 10.5. The van der Waals surface area contributed by atoms with Crippen LogP contribution in [0.25, 0.3) is 0 Å². The molecule has 0 aliphatic rings. The molecule has 0 amide bonds. The summed E-state index contributed by atoms with van der Waals surface area (Å²) < 4.78 is 1.20. The van der Waals surface area contributed by atoms with E-state index in [1.165, 1.54) is 4.57 Å². The SMILES string of the molecule is C#CCCCCn1c(O)c(CCC)c(=O)[nH]c1=O. The molecule has 1 rings (SSSR count). The predicted molar refractivity (Wildman–Crippen MR) is 69.7 cm³/mol. The van der Waals surface area contributed by atoms with Crippen LogP contribution in [0.5, 0.6) is 5.88 Å². The molecule has 5 heteroatoms. The number of aromatic amines is 1. The van der Waals surface area contributed by atoms with E-state index in [-0.39, 0.29) is 11.4 Å². The summed E-state index contributed by atoms with van der Waals surface area (Å²) in [4.78, 5) is 25.3. The van der Waals surface area contributed by atoms with Crippen molar-refractivity contribution in [2.75, 3.05) is 0 Å². The van der Waals surface area contributed by atoms with Gasteiger partial charge in [-0.3, -0.25) is 14.3 Å². The van der Waals surface area contributed by atoms with Crippen LogP contribution in [0.2, 0.25) is 0 Å². The molecule has 18 heavy (non-hydrogen) atoms. The van der Waals surface area contributed by atoms with Crippen molar-refractivity contribution in [3.63, 3.8) is 0 Å². The zero-order chi connectivity index (χ0) is 13.5. The number of terminal acetylenes is 1. The van der Waals surface area contributed by atoms with Crippen LogP contribution < -0.4 is 11.2 Å². The molecular weight excluding hydrogens is 232 g/mol. The molecule has 1 aromatic rings. The smallest absolute Gasteiger partial charge is 0.331 e. The molecule has 0 radical (unpaired) electrons. The summed E-state index contributed by atoms with van der Waals surface area (Å²) in [6.45, 7) is 2.26. The maximum Gasteiger partial charge on any atom is 0.331 e. The third kappa shape index (κ3) is 3.27. The van der Waals surface area contributed by atoms with E-state index in [1.54, 1.807) is 0 Å². The Bertz CT molecular complexity index is 549. The van der Waals surface area contributed by atoms with Gasteiger partial charge in [0.05, 0.1) is 5.56 Å². The number of unbranched alkanes of at least 4 members (excludes halogenated alkanes) is 2. The van der Waals surface area contributed by atoms with Crippen LogP contribution >= 0.6 is 0 Å². The van der Waals surface area contributed by atoms with Crippen molar-refractivity contribution in [1.82, 2.24) is 9.55 Å². The van der Waals surface area contributed by atoms with Gasteiger partial charge in [-0.2, -0.15) is 0 Å². The highest BCUT2D eigenvalue weighted by Crippen LogP contribution is 2.12. The minimum atomic E-state index is -0.571. The van der Waals surface area contributed by atoms with E-state index in [1.807, 2.05) is 6.92 Å². The fraction of sp³-hybridized carbons (Fsp3) is 0.538. The first-order chi connectivity index (χ1) is 8.61. The standard InChI is InChI=1S/C13H18N2O3/c1-3-5-6-7-9-15-12(17)10(8-4-2)11(16)14-13(15)18/h1,17H,4-9H2,2H3,(H,14,16,18). The van der Waals surface area contributed by atoms with Gasteiger partial charge in [0, 0.05) is 13.0 Å². The largest absolute Gasteiger partial charge is 0.494 e. The second-order valence-electron chi connectivity index (χ2n) is 4.12. The van der Waals surface area contributed by atoms with Gasteiger partial charge >= 0.3 is 5.69 Å². The molecule has 98 valence electrons. The van der Waals surface area contributed by atoms with Crippen molar-refractivity contribution < 1.29 is 5.11 Å². The Morgan fingerprint density at radius 2 is 2.11 bits per heavy atom. The first-order valence-corrected chi connectivity index (χ1v) is 6.10. The normalized spacial score (nSPS) is 10.2. The number of aromatic nitrogens is 2. The number of rotatable bonds is 6. The van der Waals surface area contributed by atoms with Crippen LogP contribution in [0.3, 0.4) is 0 Å². The molecular formula is C13H18N2O3. The molecule has 0 saturated heterocycles. The average molecular weight is 250 g/mol. The van der Waals surface area contributed by atoms with Crippen LogP contribution in [0.15, 0.2) is 9.59 Å². The van der Waals surface area contributed by atoms with Gasteiger partial charge in [-0.15, -0.1) is 12.3 Å². The molecule has 1 heterocycles. The molecule has 0 aliphatic carbocycles. The van der Waals surface area contributed by atoms with Gasteiger partial charge in [-0.05, 0) is 19.3 Å². The summed E-state index contributed by atoms with van der Waals surface area (Å²) in [5, 5.41) is 9.94. The van der Waals surface area contributed by atoms with E-state index in [9.17, 15) is 14.7 Å². The summed E-state index contributed by atoms with van der Waals surface area (Å²) in [7, 11) is 0. The van der Waals surface area contributed by atoms with E-state index in [0.29, 0.717) is 25.8 Å². The minimum absolute atomic E-state index is 0.216. The van der Waals surface area contributed by atoms with E-state index in [2.05, 4.69) is 10.9 Å². The van der Waals surface area contributed by atoms with Crippen molar-refractivity contribution >= 4 is 0 Å². The molecule has 0 fully saturated rings. The number of H-pyrrole nitrogens is 1. The maximum absolute atomic E-state index is 11.6. The third-order valence-corrected chi connectivity index (χ3v) is 2.72. The van der Waals surface area contributed by atoms with Gasteiger partial charge in [-0.1, -0.05) is 13.3 Å². The van der Waals surface area contributed by atoms with Gasteiger partial charge in [0.2, 0.25) is 5.88 Å². The molecule has 0 unspecified atom stereocenters. The van der Waals surface area contributed by atoms with Gasteiger partial charge in [0.25, 0.3) is 5.56 Å². The summed E-state index contributed by atoms with van der Waals surface area (Å²) in [5.41, 5.74) is -0.800. The van der Waals surface area contributed by atoms with Crippen molar-refractivity contribution in [3.8, 4) is 18.2 Å². The Balaban J connectivity index is 2.97. The Labute approximate surface area is 105 Å². The van der Waals surface area contributed by atoms with Crippen LogP contribution in [-0.2, 0) is 13.0 Å². The Morgan fingerprint density at radius 1 is 1.39 bits per heavy atom. The third-order valence-electron chi connectivity index (χ3n) is 2.72. The lowest BCUT2D eigenvalue weighted by Crippen LogP contribution is -2.32. The lowest BCUT2D eigenvalue weighted by Gasteiger charge is -2.10. The Hall–Kier alpha value is -1.96. The Kier molecular flexibility index (Phi) is 5.25. The number of hydrogen-bond acceptors (Lipinski definition) is 3. The molecule has 1 aromatic heterocycles. The lowest BCUT2D eigenvalue weighted by molar-refractivity contribution is 0.387. The topological polar surface area (TPSA) is 75.1 Å². The molecule has 0 spiro atoms. The summed E-state index contributed by atoms with van der Waals surface area (Å²) >= 11 is 0. The van der Waals surface area contributed by atoms with Crippen molar-refractivity contribution in [1.29, 1.82) is 0 Å². The predicted octanol–water partition coefficient (Wildman–Crippen LogP) is 0.998. The van der Waals surface area contributed by atoms with Crippen LogP contribution in [0, 0.1) is 12.3 Å². The second-order valence-corrected chi connectivity index (χ2v) is 4.12. The minimum Gasteiger partial charge on any atom is -0.494 e. The van der Waals surface area contributed by atoms with E-state index < -0.39 is 11.2 Å². The first-order valence-electron chi connectivity index (χ1n) is 6.10.